The lowest BCUT2D eigenvalue weighted by Crippen LogP contribution is -2.57. The molecule has 1 amide bonds. The molecular formula is C16H32N2O3. The van der Waals surface area contributed by atoms with Crippen molar-refractivity contribution in [3.63, 3.8) is 0 Å². The van der Waals surface area contributed by atoms with E-state index in [4.69, 9.17) is 9.84 Å². The average Bonchev–Trinajstić information content (AvgIpc) is 2.35. The Balaban J connectivity index is 2.83. The topological polar surface area (TPSA) is 61.8 Å². The monoisotopic (exact) mass is 300 g/mol. The number of rotatable bonds is 5. The van der Waals surface area contributed by atoms with Gasteiger partial charge in [-0.15, -0.1) is 0 Å². The molecule has 5 heteroatoms. The van der Waals surface area contributed by atoms with Gasteiger partial charge in [-0.1, -0.05) is 12.8 Å². The third-order valence-electron chi connectivity index (χ3n) is 3.77. The summed E-state index contributed by atoms with van der Waals surface area (Å²) >= 11 is 0. The highest BCUT2D eigenvalue weighted by Crippen LogP contribution is 2.26. The van der Waals surface area contributed by atoms with Crippen molar-refractivity contribution in [2.75, 3.05) is 13.2 Å². The molecule has 0 spiro atoms. The Morgan fingerprint density at radius 3 is 2.48 bits per heavy atom. The van der Waals surface area contributed by atoms with Gasteiger partial charge in [0.2, 0.25) is 0 Å². The molecule has 21 heavy (non-hydrogen) atoms. The van der Waals surface area contributed by atoms with Crippen molar-refractivity contribution in [3.05, 3.63) is 0 Å². The number of hydrogen-bond acceptors (Lipinski definition) is 4. The van der Waals surface area contributed by atoms with Gasteiger partial charge in [0, 0.05) is 18.6 Å². The Morgan fingerprint density at radius 2 is 1.95 bits per heavy atom. The van der Waals surface area contributed by atoms with Crippen molar-refractivity contribution >= 4 is 6.09 Å². The summed E-state index contributed by atoms with van der Waals surface area (Å²) in [4.78, 5) is 14.4. The molecule has 5 nitrogen and oxygen atoms in total. The largest absolute Gasteiger partial charge is 0.444 e. The Morgan fingerprint density at radius 1 is 1.33 bits per heavy atom. The van der Waals surface area contributed by atoms with Crippen LogP contribution >= 0.6 is 0 Å². The van der Waals surface area contributed by atoms with Gasteiger partial charge in [-0.3, -0.25) is 0 Å². The summed E-state index contributed by atoms with van der Waals surface area (Å²) in [5.41, 5.74) is -0.479. The zero-order valence-electron chi connectivity index (χ0n) is 14.2. The zero-order valence-corrected chi connectivity index (χ0v) is 14.2. The molecule has 0 heterocycles. The maximum atomic E-state index is 12.5. The Labute approximate surface area is 129 Å². The van der Waals surface area contributed by atoms with Crippen LogP contribution in [0.3, 0.4) is 0 Å². The summed E-state index contributed by atoms with van der Waals surface area (Å²) in [6.07, 6.45) is 4.09. The molecule has 0 aromatic carbocycles. The van der Waals surface area contributed by atoms with Gasteiger partial charge < -0.3 is 20.1 Å². The molecule has 0 saturated heterocycles. The van der Waals surface area contributed by atoms with Crippen molar-refractivity contribution in [1.82, 2.24) is 10.2 Å². The van der Waals surface area contributed by atoms with Gasteiger partial charge in [-0.2, -0.15) is 0 Å². The number of carbonyl (C=O) groups is 1. The van der Waals surface area contributed by atoms with E-state index in [0.717, 1.165) is 19.3 Å². The van der Waals surface area contributed by atoms with E-state index in [-0.39, 0.29) is 30.8 Å². The highest BCUT2D eigenvalue weighted by Gasteiger charge is 2.36. The number of carbonyl (C=O) groups excluding carboxylic acids is 1. The first-order valence-corrected chi connectivity index (χ1v) is 8.12. The molecule has 1 aliphatic rings. The normalized spacial score (nSPS) is 23.2. The summed E-state index contributed by atoms with van der Waals surface area (Å²) in [5, 5.41) is 12.4. The molecule has 0 bridgehead atoms. The second-order valence-electron chi connectivity index (χ2n) is 7.12. The fourth-order valence-electron chi connectivity index (χ4n) is 2.98. The summed E-state index contributed by atoms with van der Waals surface area (Å²) in [6.45, 7) is 10.4. The summed E-state index contributed by atoms with van der Waals surface area (Å²) in [5.74, 6) is 0. The first-order chi connectivity index (χ1) is 9.76. The van der Waals surface area contributed by atoms with Crippen LogP contribution in [0.5, 0.6) is 0 Å². The van der Waals surface area contributed by atoms with E-state index in [1.165, 1.54) is 6.42 Å². The maximum absolute atomic E-state index is 12.5. The zero-order chi connectivity index (χ0) is 16.0. The van der Waals surface area contributed by atoms with E-state index in [1.807, 2.05) is 39.5 Å². The molecule has 0 unspecified atom stereocenters. The maximum Gasteiger partial charge on any atom is 0.410 e. The predicted molar refractivity (Wildman–Crippen MR) is 84.3 cm³/mol. The van der Waals surface area contributed by atoms with Gasteiger partial charge >= 0.3 is 6.09 Å². The molecule has 1 saturated carbocycles. The minimum absolute atomic E-state index is 0.0985. The van der Waals surface area contributed by atoms with Crippen LogP contribution in [0.25, 0.3) is 0 Å². The molecule has 0 aromatic rings. The number of ether oxygens (including phenoxy) is 1. The Hall–Kier alpha value is -0.810. The lowest BCUT2D eigenvalue weighted by Gasteiger charge is -2.42. The van der Waals surface area contributed by atoms with Crippen LogP contribution in [0.4, 0.5) is 4.79 Å². The molecule has 2 atom stereocenters. The fraction of sp³-hybridized carbons (Fsp3) is 0.938. The SMILES string of the molecule is CC(C)N(C(=O)OC(C)(C)C)[C@H]1CCCC[C@H]1NCCO. The van der Waals surface area contributed by atoms with Crippen LogP contribution in [0, 0.1) is 0 Å². The molecule has 124 valence electrons. The summed E-state index contributed by atoms with van der Waals surface area (Å²) in [7, 11) is 0. The van der Waals surface area contributed by atoms with Gasteiger partial charge in [-0.05, 0) is 47.5 Å². The lowest BCUT2D eigenvalue weighted by molar-refractivity contribution is -0.00116. The van der Waals surface area contributed by atoms with Crippen molar-refractivity contribution in [3.8, 4) is 0 Å². The Kier molecular flexibility index (Phi) is 6.94. The second-order valence-corrected chi connectivity index (χ2v) is 7.12. The predicted octanol–water partition coefficient (Wildman–Crippen LogP) is 2.53. The Bertz CT molecular complexity index is 326. The highest BCUT2D eigenvalue weighted by molar-refractivity contribution is 5.69. The molecule has 0 aromatic heterocycles. The molecule has 1 fully saturated rings. The number of nitrogens with one attached hydrogen (secondary N) is 1. The van der Waals surface area contributed by atoms with Gasteiger partial charge in [0.25, 0.3) is 0 Å². The third-order valence-corrected chi connectivity index (χ3v) is 3.77. The molecule has 1 aliphatic carbocycles. The highest BCUT2D eigenvalue weighted by atomic mass is 16.6. The first kappa shape index (κ1) is 18.2. The fourth-order valence-corrected chi connectivity index (χ4v) is 2.98. The number of nitrogens with zero attached hydrogens (tertiary/aromatic N) is 1. The van der Waals surface area contributed by atoms with Gasteiger partial charge in [0.15, 0.2) is 0 Å². The van der Waals surface area contributed by atoms with Crippen LogP contribution in [0.2, 0.25) is 0 Å². The van der Waals surface area contributed by atoms with E-state index >= 15 is 0 Å². The van der Waals surface area contributed by atoms with Crippen LogP contribution in [-0.2, 0) is 4.74 Å². The minimum Gasteiger partial charge on any atom is -0.444 e. The van der Waals surface area contributed by atoms with E-state index in [2.05, 4.69) is 5.32 Å². The lowest BCUT2D eigenvalue weighted by atomic mass is 9.88. The van der Waals surface area contributed by atoms with Crippen molar-refractivity contribution in [1.29, 1.82) is 0 Å². The standard InChI is InChI=1S/C16H32N2O3/c1-12(2)18(15(20)21-16(3,4)5)14-9-7-6-8-13(14)17-10-11-19/h12-14,17,19H,6-11H2,1-5H3/t13-,14+/m1/s1. The molecule has 0 radical (unpaired) electrons. The number of aliphatic hydroxyl groups excluding tert-OH is 1. The van der Waals surface area contributed by atoms with Gasteiger partial charge in [-0.25, -0.2) is 4.79 Å². The second kappa shape index (κ2) is 7.99. The average molecular weight is 300 g/mol. The van der Waals surface area contributed by atoms with E-state index in [0.29, 0.717) is 6.54 Å². The molecule has 2 N–H and O–H groups in total. The van der Waals surface area contributed by atoms with Gasteiger partial charge in [0.05, 0.1) is 12.6 Å². The van der Waals surface area contributed by atoms with E-state index in [9.17, 15) is 4.79 Å². The summed E-state index contributed by atoms with van der Waals surface area (Å²) in [6, 6.07) is 0.474. The van der Waals surface area contributed by atoms with Crippen LogP contribution in [-0.4, -0.2) is 53.0 Å². The molecule has 1 rings (SSSR count). The van der Waals surface area contributed by atoms with Crippen LogP contribution < -0.4 is 5.32 Å². The van der Waals surface area contributed by atoms with Crippen LogP contribution in [0.1, 0.15) is 60.3 Å². The molecular weight excluding hydrogens is 268 g/mol. The van der Waals surface area contributed by atoms with Crippen molar-refractivity contribution in [2.24, 2.45) is 0 Å². The number of aliphatic hydroxyl groups is 1. The number of hydrogen-bond donors (Lipinski definition) is 2. The quantitative estimate of drug-likeness (QED) is 0.819. The smallest absolute Gasteiger partial charge is 0.410 e. The van der Waals surface area contributed by atoms with Crippen molar-refractivity contribution in [2.45, 2.75) is 84.0 Å². The number of amides is 1. The van der Waals surface area contributed by atoms with Crippen molar-refractivity contribution < 1.29 is 14.6 Å². The van der Waals surface area contributed by atoms with Gasteiger partial charge in [0.1, 0.15) is 5.60 Å². The van der Waals surface area contributed by atoms with E-state index in [1.54, 1.807) is 0 Å². The van der Waals surface area contributed by atoms with Crippen LogP contribution in [0.15, 0.2) is 0 Å². The minimum atomic E-state index is -0.479. The third kappa shape index (κ3) is 5.83. The van der Waals surface area contributed by atoms with E-state index < -0.39 is 5.60 Å². The first-order valence-electron chi connectivity index (χ1n) is 8.12. The molecule has 0 aliphatic heterocycles. The summed E-state index contributed by atoms with van der Waals surface area (Å²) < 4.78 is 5.58.